The number of rotatable bonds is 5. The summed E-state index contributed by atoms with van der Waals surface area (Å²) in [7, 11) is 1.22. The lowest BCUT2D eigenvalue weighted by molar-refractivity contribution is -0.169. The van der Waals surface area contributed by atoms with Gasteiger partial charge < -0.3 is 34.6 Å². The first-order valence-corrected chi connectivity index (χ1v) is 14.9. The number of hydrogen-bond acceptors (Lipinski definition) is 11. The van der Waals surface area contributed by atoms with Crippen LogP contribution in [0.15, 0.2) is 23.8 Å². The van der Waals surface area contributed by atoms with Crippen LogP contribution in [0.2, 0.25) is 0 Å². The van der Waals surface area contributed by atoms with Gasteiger partial charge in [0, 0.05) is 43.1 Å². The van der Waals surface area contributed by atoms with E-state index in [1.807, 2.05) is 26.0 Å². The second-order valence-electron chi connectivity index (χ2n) is 12.5. The molecule has 0 aromatic heterocycles. The molecule has 244 valence electrons. The topological polar surface area (TPSA) is 180 Å². The number of cyclic esters (lactones) is 1. The molecule has 0 unspecified atom stereocenters. The normalized spacial score (nSPS) is 42.0. The molecule has 2 heterocycles. The van der Waals surface area contributed by atoms with Gasteiger partial charge in [-0.3, -0.25) is 14.4 Å². The van der Waals surface area contributed by atoms with Crippen molar-refractivity contribution < 1.29 is 53.8 Å². The summed E-state index contributed by atoms with van der Waals surface area (Å²) in [6.45, 7) is 12.3. The monoisotopic (exact) mass is 610 g/mol. The molecule has 43 heavy (non-hydrogen) atoms. The van der Waals surface area contributed by atoms with Gasteiger partial charge >= 0.3 is 5.97 Å². The SMILES string of the molecule is C/C=C\[C@H](C)[C@H]1O[C@@]1(C)[C@@H](O)[C@H]1COC(=O)[C@H](O)[C@@H](OC)[C@H](C)C(=O)[C@H](C)[C@@H](O)/C(C)=C/[C@H](C)C(=O)C[C@H](O)[C@@H](C)C1=O. The molecule has 11 nitrogen and oxygen atoms in total. The van der Waals surface area contributed by atoms with E-state index in [4.69, 9.17) is 14.2 Å². The molecule has 2 aliphatic heterocycles. The van der Waals surface area contributed by atoms with Crippen LogP contribution in [0.4, 0.5) is 0 Å². The second kappa shape index (κ2) is 15.1. The number of aliphatic hydroxyl groups is 4. The first kappa shape index (κ1) is 36.9. The van der Waals surface area contributed by atoms with Crippen molar-refractivity contribution in [3.8, 4) is 0 Å². The maximum Gasteiger partial charge on any atom is 0.337 e. The van der Waals surface area contributed by atoms with Crippen molar-refractivity contribution in [1.82, 2.24) is 0 Å². The zero-order chi connectivity index (χ0) is 33.0. The van der Waals surface area contributed by atoms with E-state index < -0.39 is 102 Å². The van der Waals surface area contributed by atoms with E-state index in [9.17, 15) is 39.6 Å². The highest BCUT2D eigenvalue weighted by atomic mass is 16.6. The lowest BCUT2D eigenvalue weighted by Gasteiger charge is -2.31. The Kier molecular flexibility index (Phi) is 13.0. The van der Waals surface area contributed by atoms with Gasteiger partial charge in [0.25, 0.3) is 0 Å². The summed E-state index contributed by atoms with van der Waals surface area (Å²) in [4.78, 5) is 53.0. The zero-order valence-corrected chi connectivity index (χ0v) is 26.7. The zero-order valence-electron chi connectivity index (χ0n) is 26.7. The fraction of sp³-hybridized carbons (Fsp3) is 0.750. The van der Waals surface area contributed by atoms with Gasteiger partial charge in [0.2, 0.25) is 0 Å². The van der Waals surface area contributed by atoms with Crippen molar-refractivity contribution >= 4 is 23.3 Å². The van der Waals surface area contributed by atoms with Crippen molar-refractivity contribution in [2.24, 2.45) is 35.5 Å². The molecule has 2 aliphatic rings. The Labute approximate surface area is 254 Å². The Morgan fingerprint density at radius 2 is 1.60 bits per heavy atom. The lowest BCUT2D eigenvalue weighted by atomic mass is 9.79. The Hall–Kier alpha value is -2.28. The van der Waals surface area contributed by atoms with E-state index in [0.29, 0.717) is 5.57 Å². The molecule has 0 amide bonds. The van der Waals surface area contributed by atoms with Gasteiger partial charge in [0.15, 0.2) is 6.10 Å². The molecule has 0 aromatic rings. The van der Waals surface area contributed by atoms with Gasteiger partial charge in [0.05, 0.1) is 30.3 Å². The number of allylic oxidation sites excluding steroid dienone is 2. The number of ketones is 3. The van der Waals surface area contributed by atoms with E-state index >= 15 is 0 Å². The fourth-order valence-corrected chi connectivity index (χ4v) is 6.05. The maximum atomic E-state index is 13.7. The van der Waals surface area contributed by atoms with Crippen molar-refractivity contribution in [3.63, 3.8) is 0 Å². The predicted molar refractivity (Wildman–Crippen MR) is 157 cm³/mol. The van der Waals surface area contributed by atoms with Crippen LogP contribution in [0.5, 0.6) is 0 Å². The Morgan fingerprint density at radius 1 is 1.00 bits per heavy atom. The molecule has 0 radical (unpaired) electrons. The summed E-state index contributed by atoms with van der Waals surface area (Å²) >= 11 is 0. The van der Waals surface area contributed by atoms with Gasteiger partial charge in [-0.05, 0) is 26.3 Å². The number of carbonyl (C=O) groups excluding carboxylic acids is 4. The number of methoxy groups -OCH3 is 1. The number of esters is 1. The third kappa shape index (κ3) is 8.26. The fourth-order valence-electron chi connectivity index (χ4n) is 6.05. The van der Waals surface area contributed by atoms with Crippen LogP contribution in [0.1, 0.15) is 61.8 Å². The number of Topliss-reactive ketones (excluding diaryl/α,β-unsaturated/α-hetero) is 3. The molecule has 0 saturated carbocycles. The molecule has 1 fully saturated rings. The van der Waals surface area contributed by atoms with E-state index in [2.05, 4.69) is 0 Å². The molecule has 0 aromatic carbocycles. The van der Waals surface area contributed by atoms with Crippen LogP contribution < -0.4 is 0 Å². The largest absolute Gasteiger partial charge is 0.463 e. The van der Waals surface area contributed by atoms with Crippen LogP contribution in [0.3, 0.4) is 0 Å². The van der Waals surface area contributed by atoms with Crippen LogP contribution in [-0.4, -0.2) is 99.7 Å². The van der Waals surface area contributed by atoms with Crippen LogP contribution in [0.25, 0.3) is 0 Å². The van der Waals surface area contributed by atoms with Crippen molar-refractivity contribution in [2.75, 3.05) is 13.7 Å². The molecule has 2 rings (SSSR count). The summed E-state index contributed by atoms with van der Waals surface area (Å²) in [6.07, 6.45) is -2.96. The first-order chi connectivity index (χ1) is 19.9. The molecule has 11 heteroatoms. The number of epoxide rings is 1. The number of ether oxygens (including phenoxy) is 3. The minimum absolute atomic E-state index is 0.0932. The second-order valence-corrected chi connectivity index (χ2v) is 12.5. The standard InChI is InChI=1S/C32H50O11/c1-10-11-15(2)30-32(8,43-30)29(39)21-14-42-31(40)27(38)28(41-9)20(7)25(36)19(6)24(35)17(4)12-16(3)22(33)13-23(34)18(5)26(21)37/h10-12,15-16,18-21,23-24,27-30,34-35,38-39H,13-14H2,1-9H3/b11-10-,17-12+/t15-,16-,18+,19+,20+,21-,23-,24-,27+,28-,29-,30+,32-/m0/s1. The third-order valence-corrected chi connectivity index (χ3v) is 9.21. The molecule has 13 atom stereocenters. The highest BCUT2D eigenvalue weighted by Gasteiger charge is 2.62. The minimum Gasteiger partial charge on any atom is -0.463 e. The highest BCUT2D eigenvalue weighted by Crippen LogP contribution is 2.47. The lowest BCUT2D eigenvalue weighted by Crippen LogP contribution is -2.49. The highest BCUT2D eigenvalue weighted by molar-refractivity contribution is 5.88. The number of carbonyl (C=O) groups is 4. The molecule has 4 N–H and O–H groups in total. The molecule has 0 aliphatic carbocycles. The summed E-state index contributed by atoms with van der Waals surface area (Å²) in [5, 5.41) is 44.0. The molecule has 1 saturated heterocycles. The minimum atomic E-state index is -1.92. The molecular formula is C32H50O11. The van der Waals surface area contributed by atoms with Gasteiger partial charge in [-0.25, -0.2) is 4.79 Å². The Balaban J connectivity index is 2.50. The Bertz CT molecular complexity index is 1080. The van der Waals surface area contributed by atoms with E-state index in [-0.39, 0.29) is 12.3 Å². The summed E-state index contributed by atoms with van der Waals surface area (Å²) in [5.74, 6) is -8.06. The number of aliphatic hydroxyl groups excluding tert-OH is 4. The smallest absolute Gasteiger partial charge is 0.337 e. The number of hydrogen-bond donors (Lipinski definition) is 4. The van der Waals surface area contributed by atoms with Crippen LogP contribution in [0, 0.1) is 35.5 Å². The maximum absolute atomic E-state index is 13.7. The van der Waals surface area contributed by atoms with Gasteiger partial charge in [-0.15, -0.1) is 0 Å². The summed E-state index contributed by atoms with van der Waals surface area (Å²) in [5.41, 5.74) is -0.809. The van der Waals surface area contributed by atoms with Crippen molar-refractivity contribution in [3.05, 3.63) is 23.8 Å². The third-order valence-electron chi connectivity index (χ3n) is 9.21. The summed E-state index contributed by atoms with van der Waals surface area (Å²) in [6, 6.07) is 0. The molecule has 0 spiro atoms. The Morgan fingerprint density at radius 3 is 2.16 bits per heavy atom. The van der Waals surface area contributed by atoms with E-state index in [1.54, 1.807) is 20.8 Å². The average Bonchev–Trinajstić information content (AvgIpc) is 3.67. The average molecular weight is 611 g/mol. The van der Waals surface area contributed by atoms with Gasteiger partial charge in [-0.1, -0.05) is 52.8 Å². The van der Waals surface area contributed by atoms with Crippen LogP contribution >= 0.6 is 0 Å². The summed E-state index contributed by atoms with van der Waals surface area (Å²) < 4.78 is 16.5. The van der Waals surface area contributed by atoms with Crippen molar-refractivity contribution in [1.29, 1.82) is 0 Å². The van der Waals surface area contributed by atoms with Gasteiger partial charge in [-0.2, -0.15) is 0 Å². The first-order valence-electron chi connectivity index (χ1n) is 14.9. The van der Waals surface area contributed by atoms with Gasteiger partial charge in [0.1, 0.15) is 35.7 Å². The van der Waals surface area contributed by atoms with E-state index in [0.717, 1.165) is 0 Å². The molecular weight excluding hydrogens is 560 g/mol. The quantitative estimate of drug-likeness (QED) is 0.202. The van der Waals surface area contributed by atoms with Crippen LogP contribution in [-0.2, 0) is 33.4 Å². The molecule has 0 bridgehead atoms. The van der Waals surface area contributed by atoms with Crippen molar-refractivity contribution in [2.45, 2.75) is 104 Å². The predicted octanol–water partition coefficient (Wildman–Crippen LogP) is 1.58. The van der Waals surface area contributed by atoms with E-state index in [1.165, 1.54) is 34.0 Å².